The van der Waals surface area contributed by atoms with E-state index in [0.717, 1.165) is 11.3 Å². The van der Waals surface area contributed by atoms with E-state index < -0.39 is 0 Å². The fourth-order valence-corrected chi connectivity index (χ4v) is 2.03. The Kier molecular flexibility index (Phi) is 7.18. The van der Waals surface area contributed by atoms with Gasteiger partial charge in [-0.05, 0) is 55.0 Å². The van der Waals surface area contributed by atoms with Gasteiger partial charge in [-0.15, -0.1) is 0 Å². The predicted octanol–water partition coefficient (Wildman–Crippen LogP) is 4.08. The number of carbonyl (C=O) groups excluding carboxylic acids is 1. The first-order valence-electron chi connectivity index (χ1n) is 8.13. The molecule has 0 aliphatic heterocycles. The first-order chi connectivity index (χ1) is 12.6. The maximum absolute atomic E-state index is 12.1. The van der Waals surface area contributed by atoms with Crippen LogP contribution in [0.25, 0.3) is 6.08 Å². The van der Waals surface area contributed by atoms with Gasteiger partial charge in [-0.1, -0.05) is 30.9 Å². The molecule has 2 aromatic rings. The molecule has 0 aliphatic carbocycles. The zero-order valence-electron chi connectivity index (χ0n) is 14.9. The number of hydrazone groups is 1. The standard InChI is InChI=1S/C21H22N2O3/c1-4-15-26-20-13-9-18(10-14-20)21(24)23-22-16(2)5-6-17-7-11-19(25-3)12-8-17/h4-14H,1,15H2,2-3H3,(H,23,24)/b6-5+,22-16-. The Balaban J connectivity index is 1.91. The average molecular weight is 350 g/mol. The molecule has 2 rings (SSSR count). The van der Waals surface area contributed by atoms with Gasteiger partial charge in [-0.2, -0.15) is 5.10 Å². The number of benzene rings is 2. The molecule has 0 bridgehead atoms. The Morgan fingerprint density at radius 1 is 1.12 bits per heavy atom. The van der Waals surface area contributed by atoms with Crippen molar-refractivity contribution in [2.24, 2.45) is 5.10 Å². The molecule has 5 heteroatoms. The molecule has 5 nitrogen and oxygen atoms in total. The molecule has 26 heavy (non-hydrogen) atoms. The molecular formula is C21H22N2O3. The summed E-state index contributed by atoms with van der Waals surface area (Å²) in [6.07, 6.45) is 5.40. The lowest BCUT2D eigenvalue weighted by Crippen LogP contribution is -2.18. The van der Waals surface area contributed by atoms with Crippen molar-refractivity contribution in [1.82, 2.24) is 5.43 Å². The summed E-state index contributed by atoms with van der Waals surface area (Å²) in [5.41, 5.74) is 4.74. The van der Waals surface area contributed by atoms with E-state index >= 15 is 0 Å². The second-order valence-electron chi connectivity index (χ2n) is 5.42. The van der Waals surface area contributed by atoms with Crippen molar-refractivity contribution in [2.45, 2.75) is 6.92 Å². The third-order valence-corrected chi connectivity index (χ3v) is 3.45. The summed E-state index contributed by atoms with van der Waals surface area (Å²) in [7, 11) is 1.63. The van der Waals surface area contributed by atoms with Gasteiger partial charge < -0.3 is 9.47 Å². The van der Waals surface area contributed by atoms with Crippen molar-refractivity contribution in [2.75, 3.05) is 13.7 Å². The number of hydrogen-bond donors (Lipinski definition) is 1. The molecule has 0 unspecified atom stereocenters. The maximum Gasteiger partial charge on any atom is 0.271 e. The van der Waals surface area contributed by atoms with E-state index in [1.165, 1.54) is 0 Å². The van der Waals surface area contributed by atoms with E-state index in [0.29, 0.717) is 23.6 Å². The Morgan fingerprint density at radius 2 is 1.77 bits per heavy atom. The number of nitrogens with zero attached hydrogens (tertiary/aromatic N) is 1. The quantitative estimate of drug-likeness (QED) is 0.443. The second-order valence-corrected chi connectivity index (χ2v) is 5.42. The van der Waals surface area contributed by atoms with Gasteiger partial charge in [0.2, 0.25) is 0 Å². The molecule has 0 aromatic heterocycles. The van der Waals surface area contributed by atoms with E-state index in [4.69, 9.17) is 9.47 Å². The van der Waals surface area contributed by atoms with Crippen molar-refractivity contribution in [3.05, 3.63) is 78.4 Å². The third kappa shape index (κ3) is 5.94. The van der Waals surface area contributed by atoms with Gasteiger partial charge in [0.25, 0.3) is 5.91 Å². The van der Waals surface area contributed by atoms with Crippen molar-refractivity contribution < 1.29 is 14.3 Å². The van der Waals surface area contributed by atoms with Gasteiger partial charge in [-0.25, -0.2) is 5.43 Å². The molecule has 0 heterocycles. The number of ether oxygens (including phenoxy) is 2. The minimum Gasteiger partial charge on any atom is -0.497 e. The molecular weight excluding hydrogens is 328 g/mol. The monoisotopic (exact) mass is 350 g/mol. The summed E-state index contributed by atoms with van der Waals surface area (Å²) in [5, 5.41) is 4.08. The lowest BCUT2D eigenvalue weighted by atomic mass is 10.2. The second kappa shape index (κ2) is 9.84. The Labute approximate surface area is 153 Å². The fraction of sp³-hybridized carbons (Fsp3) is 0.143. The smallest absolute Gasteiger partial charge is 0.271 e. The highest BCUT2D eigenvalue weighted by atomic mass is 16.5. The van der Waals surface area contributed by atoms with Gasteiger partial charge in [0.15, 0.2) is 0 Å². The summed E-state index contributed by atoms with van der Waals surface area (Å²) in [5.74, 6) is 1.21. The van der Waals surface area contributed by atoms with Crippen LogP contribution in [0.15, 0.2) is 72.4 Å². The van der Waals surface area contributed by atoms with Crippen LogP contribution in [-0.4, -0.2) is 25.3 Å². The highest BCUT2D eigenvalue weighted by Crippen LogP contribution is 2.13. The lowest BCUT2D eigenvalue weighted by molar-refractivity contribution is 0.0955. The molecule has 0 saturated heterocycles. The zero-order valence-corrected chi connectivity index (χ0v) is 14.9. The Morgan fingerprint density at radius 3 is 2.38 bits per heavy atom. The SMILES string of the molecule is C=CCOc1ccc(C(=O)N/N=C(C)\C=C\c2ccc(OC)cc2)cc1. The number of nitrogens with one attached hydrogen (secondary N) is 1. The van der Waals surface area contributed by atoms with Crippen molar-refractivity contribution in [1.29, 1.82) is 0 Å². The summed E-state index contributed by atoms with van der Waals surface area (Å²) in [6.45, 7) is 5.83. The minimum absolute atomic E-state index is 0.280. The van der Waals surface area contributed by atoms with Crippen molar-refractivity contribution in [3.8, 4) is 11.5 Å². The Hall–Kier alpha value is -3.34. The van der Waals surface area contributed by atoms with Gasteiger partial charge in [0, 0.05) is 5.56 Å². The van der Waals surface area contributed by atoms with E-state index in [-0.39, 0.29) is 5.91 Å². The summed E-state index contributed by atoms with van der Waals surface area (Å²) in [4.78, 5) is 12.1. The highest BCUT2D eigenvalue weighted by molar-refractivity contribution is 5.99. The van der Waals surface area contributed by atoms with E-state index in [1.54, 1.807) is 37.5 Å². The van der Waals surface area contributed by atoms with Crippen LogP contribution in [0.2, 0.25) is 0 Å². The average Bonchev–Trinajstić information content (AvgIpc) is 2.69. The summed E-state index contributed by atoms with van der Waals surface area (Å²) >= 11 is 0. The van der Waals surface area contributed by atoms with Gasteiger partial charge >= 0.3 is 0 Å². The molecule has 0 aliphatic rings. The normalized spacial score (nSPS) is 11.2. The molecule has 2 aromatic carbocycles. The largest absolute Gasteiger partial charge is 0.497 e. The van der Waals surface area contributed by atoms with Crippen LogP contribution in [-0.2, 0) is 0 Å². The molecule has 0 spiro atoms. The number of carbonyl (C=O) groups is 1. The fourth-order valence-electron chi connectivity index (χ4n) is 2.03. The molecule has 1 amide bonds. The van der Waals surface area contributed by atoms with Crippen LogP contribution in [0.1, 0.15) is 22.8 Å². The van der Waals surface area contributed by atoms with Gasteiger partial charge in [0.1, 0.15) is 18.1 Å². The molecule has 0 atom stereocenters. The van der Waals surface area contributed by atoms with E-state index in [2.05, 4.69) is 17.1 Å². The number of hydrogen-bond acceptors (Lipinski definition) is 4. The maximum atomic E-state index is 12.1. The predicted molar refractivity (Wildman–Crippen MR) is 105 cm³/mol. The topological polar surface area (TPSA) is 59.9 Å². The molecule has 1 N–H and O–H groups in total. The summed E-state index contributed by atoms with van der Waals surface area (Å²) in [6, 6.07) is 14.5. The van der Waals surface area contributed by atoms with Crippen LogP contribution >= 0.6 is 0 Å². The van der Waals surface area contributed by atoms with Crippen LogP contribution in [0.5, 0.6) is 11.5 Å². The van der Waals surface area contributed by atoms with Crippen LogP contribution < -0.4 is 14.9 Å². The number of amides is 1. The van der Waals surface area contributed by atoms with Crippen molar-refractivity contribution >= 4 is 17.7 Å². The molecule has 134 valence electrons. The van der Waals surface area contributed by atoms with Crippen molar-refractivity contribution in [3.63, 3.8) is 0 Å². The number of allylic oxidation sites excluding steroid dienone is 1. The summed E-state index contributed by atoms with van der Waals surface area (Å²) < 4.78 is 10.5. The van der Waals surface area contributed by atoms with Gasteiger partial charge in [0.05, 0.1) is 12.8 Å². The first kappa shape index (κ1) is 19.0. The third-order valence-electron chi connectivity index (χ3n) is 3.45. The van der Waals surface area contributed by atoms with E-state index in [1.807, 2.05) is 43.3 Å². The highest BCUT2D eigenvalue weighted by Gasteiger charge is 2.04. The molecule has 0 saturated carbocycles. The van der Waals surface area contributed by atoms with Crippen LogP contribution in [0.4, 0.5) is 0 Å². The Bertz CT molecular complexity index is 791. The van der Waals surface area contributed by atoms with E-state index in [9.17, 15) is 4.79 Å². The lowest BCUT2D eigenvalue weighted by Gasteiger charge is -2.04. The first-order valence-corrected chi connectivity index (χ1v) is 8.13. The van der Waals surface area contributed by atoms with Crippen LogP contribution in [0.3, 0.4) is 0 Å². The van der Waals surface area contributed by atoms with Gasteiger partial charge in [-0.3, -0.25) is 4.79 Å². The zero-order chi connectivity index (χ0) is 18.8. The van der Waals surface area contributed by atoms with Crippen LogP contribution in [0, 0.1) is 0 Å². The number of methoxy groups -OCH3 is 1. The minimum atomic E-state index is -0.280. The number of rotatable bonds is 8. The molecule has 0 radical (unpaired) electrons. The molecule has 0 fully saturated rings.